The molecule has 2 unspecified atom stereocenters. The van der Waals surface area contributed by atoms with Gasteiger partial charge in [-0.1, -0.05) is 38.9 Å². The summed E-state index contributed by atoms with van der Waals surface area (Å²) < 4.78 is 26.4. The Hall–Kier alpha value is -0.200. The maximum Gasteiger partial charge on any atom is 0.221 e. The first-order valence-corrected chi connectivity index (χ1v) is 7.61. The van der Waals surface area contributed by atoms with Crippen LogP contribution in [0.1, 0.15) is 46.5 Å². The van der Waals surface area contributed by atoms with Crippen LogP contribution in [0.25, 0.3) is 0 Å². The molecule has 0 saturated heterocycles. The first-order valence-electron chi connectivity index (χ1n) is 5.65. The Bertz CT molecular complexity index is 315. The minimum Gasteiger partial charge on any atom is -0.392 e. The Labute approximate surface area is 104 Å². The van der Waals surface area contributed by atoms with Crippen LogP contribution in [0.2, 0.25) is 0 Å². The van der Waals surface area contributed by atoms with Crippen molar-refractivity contribution < 1.29 is 8.42 Å². The van der Waals surface area contributed by atoms with E-state index in [1.54, 1.807) is 6.92 Å². The molecule has 6 heteroatoms. The van der Waals surface area contributed by atoms with Crippen molar-refractivity contribution in [2.24, 2.45) is 5.73 Å². The van der Waals surface area contributed by atoms with E-state index in [4.69, 9.17) is 18.0 Å². The van der Waals surface area contributed by atoms with Gasteiger partial charge in [-0.25, -0.2) is 13.1 Å². The number of hydrogen-bond donors (Lipinski definition) is 2. The van der Waals surface area contributed by atoms with Gasteiger partial charge in [-0.05, 0) is 19.8 Å². The molecule has 0 heterocycles. The van der Waals surface area contributed by atoms with Gasteiger partial charge in [-0.2, -0.15) is 0 Å². The van der Waals surface area contributed by atoms with Crippen LogP contribution in [0.3, 0.4) is 0 Å². The van der Waals surface area contributed by atoms with E-state index < -0.39 is 15.3 Å². The van der Waals surface area contributed by atoms with Crippen LogP contribution >= 0.6 is 12.2 Å². The second kappa shape index (κ2) is 7.19. The number of rotatable bonds is 8. The molecule has 0 aliphatic rings. The van der Waals surface area contributed by atoms with E-state index in [1.165, 1.54) is 0 Å². The molecule has 0 aromatic rings. The molecule has 0 radical (unpaired) electrons. The van der Waals surface area contributed by atoms with Gasteiger partial charge in [0.2, 0.25) is 10.0 Å². The summed E-state index contributed by atoms with van der Waals surface area (Å²) in [6, 6.07) is -0.0617. The number of sulfonamides is 1. The molecular weight excluding hydrogens is 244 g/mol. The highest BCUT2D eigenvalue weighted by molar-refractivity contribution is 7.93. The Balaban J connectivity index is 4.49. The van der Waals surface area contributed by atoms with Crippen molar-refractivity contribution in [2.45, 2.75) is 57.7 Å². The third-order valence-corrected chi connectivity index (χ3v) is 4.92. The molecule has 2 atom stereocenters. The molecule has 96 valence electrons. The lowest BCUT2D eigenvalue weighted by Gasteiger charge is -2.19. The predicted molar refractivity (Wildman–Crippen MR) is 71.9 cm³/mol. The summed E-state index contributed by atoms with van der Waals surface area (Å²) in [4.78, 5) is 0.0395. The third-order valence-electron chi connectivity index (χ3n) is 2.42. The lowest BCUT2D eigenvalue weighted by molar-refractivity contribution is 0.529. The number of nitrogens with two attached hydrogens (primary N) is 1. The minimum absolute atomic E-state index is 0.0395. The van der Waals surface area contributed by atoms with Crippen molar-refractivity contribution in [2.75, 3.05) is 0 Å². The molecule has 3 N–H and O–H groups in total. The highest BCUT2D eigenvalue weighted by Crippen LogP contribution is 2.08. The van der Waals surface area contributed by atoms with E-state index in [1.807, 2.05) is 6.92 Å². The van der Waals surface area contributed by atoms with Crippen molar-refractivity contribution in [3.8, 4) is 0 Å². The average Bonchev–Trinajstić information content (AvgIpc) is 2.13. The Morgan fingerprint density at radius 1 is 1.44 bits per heavy atom. The predicted octanol–water partition coefficient (Wildman–Crippen LogP) is 1.55. The highest BCUT2D eigenvalue weighted by Gasteiger charge is 2.27. The Morgan fingerprint density at radius 2 is 2.00 bits per heavy atom. The molecule has 0 bridgehead atoms. The molecule has 0 fully saturated rings. The molecule has 0 aromatic carbocycles. The Morgan fingerprint density at radius 3 is 2.38 bits per heavy atom. The zero-order valence-corrected chi connectivity index (χ0v) is 11.8. The second-order valence-corrected chi connectivity index (χ2v) is 6.37. The van der Waals surface area contributed by atoms with E-state index in [2.05, 4.69) is 11.6 Å². The van der Waals surface area contributed by atoms with Crippen molar-refractivity contribution >= 4 is 27.2 Å². The molecule has 16 heavy (non-hydrogen) atoms. The summed E-state index contributed by atoms with van der Waals surface area (Å²) in [6.45, 7) is 5.70. The van der Waals surface area contributed by atoms with Gasteiger partial charge in [-0.15, -0.1) is 0 Å². The smallest absolute Gasteiger partial charge is 0.221 e. The van der Waals surface area contributed by atoms with Crippen molar-refractivity contribution in [1.29, 1.82) is 0 Å². The largest absolute Gasteiger partial charge is 0.392 e. The lowest BCUT2D eigenvalue weighted by atomic mass is 10.2. The molecule has 0 rings (SSSR count). The van der Waals surface area contributed by atoms with Gasteiger partial charge >= 0.3 is 0 Å². The molecular formula is C10H22N2O2S2. The zero-order chi connectivity index (χ0) is 12.8. The lowest BCUT2D eigenvalue weighted by Crippen LogP contribution is -2.44. The van der Waals surface area contributed by atoms with Gasteiger partial charge in [0.25, 0.3) is 0 Å². The highest BCUT2D eigenvalue weighted by atomic mass is 32.2. The first kappa shape index (κ1) is 15.8. The molecule has 0 aromatic heterocycles. The average molecular weight is 266 g/mol. The van der Waals surface area contributed by atoms with Crippen LogP contribution in [0.5, 0.6) is 0 Å². The SMILES string of the molecule is CCCCC(C)NS(=O)(=O)C(CC)C(N)=S. The van der Waals surface area contributed by atoms with Crippen molar-refractivity contribution in [1.82, 2.24) is 4.72 Å². The quantitative estimate of drug-likeness (QED) is 0.654. The summed E-state index contributed by atoms with van der Waals surface area (Å²) in [5.74, 6) is 0. The van der Waals surface area contributed by atoms with Crippen molar-refractivity contribution in [3.63, 3.8) is 0 Å². The number of hydrogen-bond acceptors (Lipinski definition) is 3. The summed E-state index contributed by atoms with van der Waals surface area (Å²) in [6.07, 6.45) is 3.31. The monoisotopic (exact) mass is 266 g/mol. The molecule has 0 saturated carbocycles. The van der Waals surface area contributed by atoms with Gasteiger partial charge in [0.05, 0.1) is 4.99 Å². The standard InChI is InChI=1S/C10H22N2O2S2/c1-4-6-7-8(3)12-16(13,14)9(5-2)10(11)15/h8-9,12H,4-7H2,1-3H3,(H2,11,15). The molecule has 0 aliphatic carbocycles. The molecule has 4 nitrogen and oxygen atoms in total. The van der Waals surface area contributed by atoms with E-state index in [0.29, 0.717) is 6.42 Å². The maximum absolute atomic E-state index is 11.9. The fraction of sp³-hybridized carbons (Fsp3) is 0.900. The van der Waals surface area contributed by atoms with Gasteiger partial charge < -0.3 is 5.73 Å². The van der Waals surface area contributed by atoms with Gasteiger partial charge in [0, 0.05) is 6.04 Å². The van der Waals surface area contributed by atoms with Crippen LogP contribution in [0.4, 0.5) is 0 Å². The van der Waals surface area contributed by atoms with E-state index in [9.17, 15) is 8.42 Å². The summed E-state index contributed by atoms with van der Waals surface area (Å²) in [7, 11) is -3.42. The van der Waals surface area contributed by atoms with Crippen molar-refractivity contribution in [3.05, 3.63) is 0 Å². The van der Waals surface area contributed by atoms with Gasteiger partial charge in [-0.3, -0.25) is 0 Å². The first-order chi connectivity index (χ1) is 7.35. The summed E-state index contributed by atoms with van der Waals surface area (Å²) in [5, 5.41) is -0.758. The number of thiocarbonyl (C=S) groups is 1. The van der Waals surface area contributed by atoms with Gasteiger partial charge in [0.15, 0.2) is 0 Å². The van der Waals surface area contributed by atoms with Crippen LogP contribution in [0, 0.1) is 0 Å². The fourth-order valence-electron chi connectivity index (χ4n) is 1.51. The maximum atomic E-state index is 11.9. The summed E-state index contributed by atoms with van der Waals surface area (Å²) >= 11 is 4.76. The normalized spacial score (nSPS) is 15.7. The Kier molecular flexibility index (Phi) is 7.10. The minimum atomic E-state index is -3.42. The van der Waals surface area contributed by atoms with E-state index in [-0.39, 0.29) is 11.0 Å². The number of nitrogens with one attached hydrogen (secondary N) is 1. The topological polar surface area (TPSA) is 72.2 Å². The number of unbranched alkanes of at least 4 members (excludes halogenated alkanes) is 1. The van der Waals surface area contributed by atoms with Crippen LogP contribution in [-0.4, -0.2) is 24.7 Å². The second-order valence-electron chi connectivity index (χ2n) is 4.01. The molecule has 0 spiro atoms. The summed E-state index contributed by atoms with van der Waals surface area (Å²) in [5.41, 5.74) is 5.42. The molecule has 0 aliphatic heterocycles. The fourth-order valence-corrected chi connectivity index (χ4v) is 3.64. The van der Waals surface area contributed by atoms with Crippen LogP contribution in [0.15, 0.2) is 0 Å². The van der Waals surface area contributed by atoms with Crippen LogP contribution < -0.4 is 10.5 Å². The van der Waals surface area contributed by atoms with E-state index in [0.717, 1.165) is 19.3 Å². The zero-order valence-electron chi connectivity index (χ0n) is 10.2. The van der Waals surface area contributed by atoms with Crippen LogP contribution in [-0.2, 0) is 10.0 Å². The molecule has 0 amide bonds. The van der Waals surface area contributed by atoms with E-state index >= 15 is 0 Å². The third kappa shape index (κ3) is 5.23. The van der Waals surface area contributed by atoms with Gasteiger partial charge in [0.1, 0.15) is 5.25 Å².